The van der Waals surface area contributed by atoms with Crippen molar-refractivity contribution in [2.75, 3.05) is 52.9 Å². The van der Waals surface area contributed by atoms with Crippen molar-refractivity contribution < 1.29 is 57.1 Å². The van der Waals surface area contributed by atoms with Crippen molar-refractivity contribution in [1.29, 1.82) is 0 Å². The van der Waals surface area contributed by atoms with Crippen LogP contribution in [-0.4, -0.2) is 76.7 Å². The molecule has 12 heteroatoms. The molecule has 0 heterocycles. The van der Waals surface area contributed by atoms with E-state index in [1.54, 1.807) is 97.1 Å². The van der Waals surface area contributed by atoms with Crippen LogP contribution in [0, 0.1) is 0 Å². The summed E-state index contributed by atoms with van der Waals surface area (Å²) in [6, 6.07) is 37.8. The van der Waals surface area contributed by atoms with Crippen LogP contribution in [0.15, 0.2) is 133 Å². The Balaban J connectivity index is 1.36. The zero-order valence-corrected chi connectivity index (χ0v) is 29.3. The Hall–Kier alpha value is -6.82. The number of para-hydroxylation sites is 4. The second-order valence-electron chi connectivity index (χ2n) is 11.1. The standard InChI is InChI=1S/C42H38O12/c43-39(51-25-21-47-32-13-5-1-6-14-32)31-29-36(40(44)52-26-22-48-33-15-7-2-8-16-33)38(42(46)54-28-24-50-35-19-11-4-12-20-35)37(30-31)41(45)53-27-23-49-34-17-9-3-10-18-34/h1-20,29-30H,21-28H2. The minimum absolute atomic E-state index is 0.0220. The predicted octanol–water partition coefficient (Wildman–Crippen LogP) is 6.63. The normalized spacial score (nSPS) is 10.4. The molecule has 0 saturated carbocycles. The van der Waals surface area contributed by atoms with Crippen molar-refractivity contribution in [3.8, 4) is 23.0 Å². The van der Waals surface area contributed by atoms with Gasteiger partial charge in [0.25, 0.3) is 0 Å². The summed E-state index contributed by atoms with van der Waals surface area (Å²) in [5, 5.41) is 0. The fourth-order valence-electron chi connectivity index (χ4n) is 4.86. The minimum atomic E-state index is -1.05. The van der Waals surface area contributed by atoms with Crippen LogP contribution in [0.1, 0.15) is 41.4 Å². The van der Waals surface area contributed by atoms with Crippen LogP contribution in [0.3, 0.4) is 0 Å². The van der Waals surface area contributed by atoms with Crippen molar-refractivity contribution in [2.24, 2.45) is 0 Å². The Morgan fingerprint density at radius 1 is 0.333 bits per heavy atom. The van der Waals surface area contributed by atoms with Gasteiger partial charge in [-0.1, -0.05) is 72.8 Å². The van der Waals surface area contributed by atoms with Crippen LogP contribution in [0.4, 0.5) is 0 Å². The first-order valence-electron chi connectivity index (χ1n) is 17.1. The highest BCUT2D eigenvalue weighted by molar-refractivity contribution is 6.12. The maximum absolute atomic E-state index is 13.7. The largest absolute Gasteiger partial charge is 0.490 e. The highest BCUT2D eigenvalue weighted by atomic mass is 16.6. The van der Waals surface area contributed by atoms with Gasteiger partial charge in [-0.15, -0.1) is 0 Å². The summed E-state index contributed by atoms with van der Waals surface area (Å²) in [6.07, 6.45) is 0. The molecular weight excluding hydrogens is 696 g/mol. The fourth-order valence-corrected chi connectivity index (χ4v) is 4.86. The van der Waals surface area contributed by atoms with Gasteiger partial charge in [0.1, 0.15) is 75.9 Å². The first kappa shape index (κ1) is 38.4. The lowest BCUT2D eigenvalue weighted by Crippen LogP contribution is -2.24. The molecule has 0 aliphatic rings. The molecule has 278 valence electrons. The molecule has 5 rings (SSSR count). The Kier molecular flexibility index (Phi) is 14.9. The molecule has 5 aromatic rings. The van der Waals surface area contributed by atoms with Gasteiger partial charge in [0, 0.05) is 0 Å². The number of hydrogen-bond acceptors (Lipinski definition) is 12. The van der Waals surface area contributed by atoms with Gasteiger partial charge in [-0.2, -0.15) is 0 Å². The molecule has 0 fully saturated rings. The van der Waals surface area contributed by atoms with Gasteiger partial charge in [0.05, 0.1) is 22.3 Å². The van der Waals surface area contributed by atoms with Crippen molar-refractivity contribution >= 4 is 23.9 Å². The average molecular weight is 735 g/mol. The van der Waals surface area contributed by atoms with Crippen LogP contribution in [0.25, 0.3) is 0 Å². The van der Waals surface area contributed by atoms with E-state index in [9.17, 15) is 19.2 Å². The van der Waals surface area contributed by atoms with E-state index in [0.29, 0.717) is 23.0 Å². The van der Waals surface area contributed by atoms with Crippen LogP contribution in [0.2, 0.25) is 0 Å². The zero-order valence-electron chi connectivity index (χ0n) is 29.3. The lowest BCUT2D eigenvalue weighted by Gasteiger charge is -2.16. The third-order valence-corrected chi connectivity index (χ3v) is 7.33. The molecule has 0 aromatic heterocycles. The third-order valence-electron chi connectivity index (χ3n) is 7.33. The van der Waals surface area contributed by atoms with Gasteiger partial charge in [-0.05, 0) is 60.7 Å². The Morgan fingerprint density at radius 2 is 0.611 bits per heavy atom. The molecule has 0 bridgehead atoms. The molecule has 0 radical (unpaired) electrons. The number of carbonyl (C=O) groups is 4. The number of ether oxygens (including phenoxy) is 8. The summed E-state index contributed by atoms with van der Waals surface area (Å²) in [4.78, 5) is 54.3. The summed E-state index contributed by atoms with van der Waals surface area (Å²) >= 11 is 0. The van der Waals surface area contributed by atoms with Gasteiger partial charge in [-0.3, -0.25) is 0 Å². The van der Waals surface area contributed by atoms with Crippen molar-refractivity contribution in [3.63, 3.8) is 0 Å². The van der Waals surface area contributed by atoms with E-state index < -0.39 is 40.6 Å². The topological polar surface area (TPSA) is 142 Å². The first-order valence-corrected chi connectivity index (χ1v) is 17.1. The molecule has 0 amide bonds. The van der Waals surface area contributed by atoms with Gasteiger partial charge in [-0.25, -0.2) is 19.2 Å². The van der Waals surface area contributed by atoms with E-state index in [-0.39, 0.29) is 58.4 Å². The van der Waals surface area contributed by atoms with Crippen LogP contribution < -0.4 is 18.9 Å². The van der Waals surface area contributed by atoms with Crippen LogP contribution >= 0.6 is 0 Å². The van der Waals surface area contributed by atoms with Gasteiger partial charge < -0.3 is 37.9 Å². The second kappa shape index (κ2) is 20.9. The smallest absolute Gasteiger partial charge is 0.340 e. The molecule has 0 aliphatic heterocycles. The predicted molar refractivity (Wildman–Crippen MR) is 195 cm³/mol. The van der Waals surface area contributed by atoms with E-state index in [0.717, 1.165) is 12.1 Å². The maximum atomic E-state index is 13.7. The van der Waals surface area contributed by atoms with Crippen molar-refractivity contribution in [1.82, 2.24) is 0 Å². The average Bonchev–Trinajstić information content (AvgIpc) is 3.22. The molecule has 0 aliphatic carbocycles. The Morgan fingerprint density at radius 3 is 0.926 bits per heavy atom. The number of hydrogen-bond donors (Lipinski definition) is 0. The maximum Gasteiger partial charge on any atom is 0.340 e. The molecule has 0 saturated heterocycles. The summed E-state index contributed by atoms with van der Waals surface area (Å²) in [7, 11) is 0. The molecule has 5 aromatic carbocycles. The van der Waals surface area contributed by atoms with E-state index in [4.69, 9.17) is 37.9 Å². The summed E-state index contributed by atoms with van der Waals surface area (Å²) < 4.78 is 44.2. The molecular formula is C42H38O12. The number of esters is 4. The minimum Gasteiger partial charge on any atom is -0.490 e. The monoisotopic (exact) mass is 734 g/mol. The van der Waals surface area contributed by atoms with Gasteiger partial charge in [0.2, 0.25) is 0 Å². The molecule has 54 heavy (non-hydrogen) atoms. The third kappa shape index (κ3) is 12.2. The van der Waals surface area contributed by atoms with Crippen LogP contribution in [0.5, 0.6) is 23.0 Å². The highest BCUT2D eigenvalue weighted by Gasteiger charge is 2.30. The molecule has 0 unspecified atom stereocenters. The SMILES string of the molecule is O=C(OCCOc1ccccc1)c1cc(C(=O)OCCOc2ccccc2)c(C(=O)OCCOc2ccccc2)c(C(=O)OCCOc2ccccc2)c1. The van der Waals surface area contributed by atoms with E-state index in [1.807, 2.05) is 24.3 Å². The molecule has 0 N–H and O–H groups in total. The lowest BCUT2D eigenvalue weighted by molar-refractivity contribution is 0.0383. The second-order valence-corrected chi connectivity index (χ2v) is 11.1. The summed E-state index contributed by atoms with van der Waals surface area (Å²) in [6.45, 7) is -0.901. The van der Waals surface area contributed by atoms with Crippen molar-refractivity contribution in [2.45, 2.75) is 0 Å². The summed E-state index contributed by atoms with van der Waals surface area (Å²) in [5.41, 5.74) is -1.54. The fraction of sp³-hybridized carbons (Fsp3) is 0.190. The van der Waals surface area contributed by atoms with E-state index in [2.05, 4.69) is 0 Å². The Labute approximate surface area is 312 Å². The van der Waals surface area contributed by atoms with Crippen LogP contribution in [-0.2, 0) is 18.9 Å². The molecule has 0 atom stereocenters. The number of rotatable bonds is 20. The van der Waals surface area contributed by atoms with E-state index in [1.165, 1.54) is 0 Å². The quantitative estimate of drug-likeness (QED) is 0.0481. The first-order chi connectivity index (χ1) is 26.5. The highest BCUT2D eigenvalue weighted by Crippen LogP contribution is 2.23. The molecule has 12 nitrogen and oxygen atoms in total. The van der Waals surface area contributed by atoms with Crippen molar-refractivity contribution in [3.05, 3.63) is 156 Å². The molecule has 0 spiro atoms. The number of carbonyl (C=O) groups excluding carboxylic acids is 4. The van der Waals surface area contributed by atoms with E-state index >= 15 is 0 Å². The lowest BCUT2D eigenvalue weighted by atomic mass is 9.97. The van der Waals surface area contributed by atoms with Gasteiger partial charge >= 0.3 is 23.9 Å². The Bertz CT molecular complexity index is 1850. The summed E-state index contributed by atoms with van der Waals surface area (Å²) in [5.74, 6) is -1.77. The van der Waals surface area contributed by atoms with Gasteiger partial charge in [0.15, 0.2) is 0 Å². The number of benzene rings is 5. The zero-order chi connectivity index (χ0) is 37.8.